The van der Waals surface area contributed by atoms with Gasteiger partial charge in [0.1, 0.15) is 10.8 Å². The van der Waals surface area contributed by atoms with Crippen LogP contribution in [0.15, 0.2) is 24.3 Å². The number of hydrogen-bond acceptors (Lipinski definition) is 5. The van der Waals surface area contributed by atoms with Gasteiger partial charge in [-0.2, -0.15) is 9.61 Å². The lowest BCUT2D eigenvalue weighted by molar-refractivity contribution is 0.0778. The summed E-state index contributed by atoms with van der Waals surface area (Å²) in [6.07, 6.45) is 2.04. The zero-order chi connectivity index (χ0) is 15.1. The first kappa shape index (κ1) is 13.3. The first-order chi connectivity index (χ1) is 10.7. The smallest absolute Gasteiger partial charge is 0.293 e. The van der Waals surface area contributed by atoms with Gasteiger partial charge in [0.25, 0.3) is 5.91 Å². The Hall–Kier alpha value is -2.35. The van der Waals surface area contributed by atoms with Crippen molar-refractivity contribution < 1.29 is 9.18 Å². The highest BCUT2D eigenvalue weighted by Gasteiger charge is 2.25. The third-order valence-corrected chi connectivity index (χ3v) is 4.61. The minimum Gasteiger partial charge on any atom is -0.336 e. The summed E-state index contributed by atoms with van der Waals surface area (Å²) in [4.78, 5) is 14.8. The number of rotatable bonds is 2. The van der Waals surface area contributed by atoms with E-state index in [-0.39, 0.29) is 17.5 Å². The molecule has 1 aromatic carbocycles. The van der Waals surface area contributed by atoms with E-state index in [0.717, 1.165) is 31.5 Å². The number of aromatic nitrogens is 4. The van der Waals surface area contributed by atoms with Gasteiger partial charge in [0.15, 0.2) is 0 Å². The van der Waals surface area contributed by atoms with Crippen molar-refractivity contribution >= 4 is 22.2 Å². The van der Waals surface area contributed by atoms with Crippen molar-refractivity contribution in [3.8, 4) is 10.6 Å². The van der Waals surface area contributed by atoms with Crippen molar-refractivity contribution in [1.29, 1.82) is 0 Å². The first-order valence-electron chi connectivity index (χ1n) is 7.00. The molecule has 1 fully saturated rings. The minimum atomic E-state index is -0.295. The van der Waals surface area contributed by atoms with Crippen LogP contribution >= 0.6 is 11.3 Å². The Morgan fingerprint density at radius 1 is 1.14 bits per heavy atom. The Balaban J connectivity index is 1.72. The van der Waals surface area contributed by atoms with Gasteiger partial charge in [-0.1, -0.05) is 11.3 Å². The summed E-state index contributed by atoms with van der Waals surface area (Å²) < 4.78 is 14.5. The van der Waals surface area contributed by atoms with Gasteiger partial charge in [-0.25, -0.2) is 4.39 Å². The van der Waals surface area contributed by atoms with Crippen LogP contribution in [0.5, 0.6) is 0 Å². The summed E-state index contributed by atoms with van der Waals surface area (Å²) in [6.45, 7) is 1.51. The van der Waals surface area contributed by atoms with Gasteiger partial charge in [0.05, 0.1) is 0 Å². The molecule has 3 heterocycles. The Bertz CT molecular complexity index is 835. The highest BCUT2D eigenvalue weighted by molar-refractivity contribution is 7.19. The van der Waals surface area contributed by atoms with Crippen molar-refractivity contribution in [2.45, 2.75) is 12.8 Å². The summed E-state index contributed by atoms with van der Waals surface area (Å²) in [5.74, 6) is -0.195. The van der Waals surface area contributed by atoms with E-state index < -0.39 is 0 Å². The molecule has 0 spiro atoms. The molecule has 0 N–H and O–H groups in total. The van der Waals surface area contributed by atoms with Gasteiger partial charge >= 0.3 is 0 Å². The Kier molecular flexibility index (Phi) is 3.11. The van der Waals surface area contributed by atoms with E-state index in [1.54, 1.807) is 17.0 Å². The van der Waals surface area contributed by atoms with Crippen molar-refractivity contribution in [1.82, 2.24) is 24.7 Å². The molecule has 1 saturated heterocycles. The lowest BCUT2D eigenvalue weighted by Gasteiger charge is -2.12. The highest BCUT2D eigenvalue weighted by Crippen LogP contribution is 2.26. The molecule has 1 aliphatic heterocycles. The summed E-state index contributed by atoms with van der Waals surface area (Å²) in [5.41, 5.74) is 0.788. The molecule has 1 aliphatic rings. The van der Waals surface area contributed by atoms with Crippen LogP contribution in [0.1, 0.15) is 23.5 Å². The van der Waals surface area contributed by atoms with E-state index in [9.17, 15) is 9.18 Å². The summed E-state index contributed by atoms with van der Waals surface area (Å²) in [7, 11) is 0. The second-order valence-electron chi connectivity index (χ2n) is 5.13. The van der Waals surface area contributed by atoms with E-state index >= 15 is 0 Å². The molecule has 22 heavy (non-hydrogen) atoms. The minimum absolute atomic E-state index is 0.138. The monoisotopic (exact) mass is 317 g/mol. The maximum absolute atomic E-state index is 13.0. The topological polar surface area (TPSA) is 63.4 Å². The number of nitrogens with zero attached hydrogens (tertiary/aromatic N) is 5. The second-order valence-corrected chi connectivity index (χ2v) is 6.09. The molecule has 0 saturated carbocycles. The van der Waals surface area contributed by atoms with Crippen LogP contribution in [0.25, 0.3) is 15.5 Å². The standard InChI is InChI=1S/C14H12FN5OS/c15-10-5-3-9(4-6-10)12-18-20-11(16-17-14(20)22-12)13(21)19-7-1-2-8-19/h3-6H,1-2,7-8H2. The molecule has 4 rings (SSSR count). The van der Waals surface area contributed by atoms with Gasteiger partial charge in [0.2, 0.25) is 10.8 Å². The normalized spacial score (nSPS) is 14.9. The van der Waals surface area contributed by atoms with Gasteiger partial charge in [-0.05, 0) is 37.1 Å². The summed E-state index contributed by atoms with van der Waals surface area (Å²) >= 11 is 1.32. The Morgan fingerprint density at radius 2 is 1.86 bits per heavy atom. The van der Waals surface area contributed by atoms with E-state index in [0.29, 0.717) is 9.97 Å². The highest BCUT2D eigenvalue weighted by atomic mass is 32.1. The molecule has 3 aromatic rings. The molecule has 1 amide bonds. The molecule has 0 bridgehead atoms. The second kappa shape index (κ2) is 5.13. The molecule has 6 nitrogen and oxygen atoms in total. The van der Waals surface area contributed by atoms with Gasteiger partial charge in [-0.15, -0.1) is 10.2 Å². The lowest BCUT2D eigenvalue weighted by Crippen LogP contribution is -2.29. The third kappa shape index (κ3) is 2.16. The SMILES string of the molecule is O=C(c1nnc2sc(-c3ccc(F)cc3)nn12)N1CCCC1. The number of hydrogen-bond donors (Lipinski definition) is 0. The zero-order valence-electron chi connectivity index (χ0n) is 11.6. The molecule has 2 aromatic heterocycles. The van der Waals surface area contributed by atoms with Crippen LogP contribution in [-0.2, 0) is 0 Å². The van der Waals surface area contributed by atoms with Crippen LogP contribution in [0, 0.1) is 5.82 Å². The van der Waals surface area contributed by atoms with Crippen molar-refractivity contribution in [3.63, 3.8) is 0 Å². The fourth-order valence-corrected chi connectivity index (χ4v) is 3.37. The quantitative estimate of drug-likeness (QED) is 0.727. The molecule has 0 aliphatic carbocycles. The van der Waals surface area contributed by atoms with Crippen LogP contribution in [0.3, 0.4) is 0 Å². The van der Waals surface area contributed by atoms with Crippen LogP contribution in [-0.4, -0.2) is 43.7 Å². The number of amides is 1. The fraction of sp³-hybridized carbons (Fsp3) is 0.286. The lowest BCUT2D eigenvalue weighted by atomic mass is 10.2. The first-order valence-corrected chi connectivity index (χ1v) is 7.81. The molecule has 0 radical (unpaired) electrons. The summed E-state index contributed by atoms with van der Waals surface area (Å²) in [5, 5.41) is 13.1. The predicted octanol–water partition coefficient (Wildman–Crippen LogP) is 2.23. The molecular weight excluding hydrogens is 305 g/mol. The van der Waals surface area contributed by atoms with Crippen molar-refractivity contribution in [2.24, 2.45) is 0 Å². The number of carbonyl (C=O) groups excluding carboxylic acids is 1. The molecule has 112 valence electrons. The van der Waals surface area contributed by atoms with Gasteiger partial charge in [-0.3, -0.25) is 4.79 Å². The molecular formula is C14H12FN5OS. The van der Waals surface area contributed by atoms with Gasteiger partial charge < -0.3 is 4.90 Å². The summed E-state index contributed by atoms with van der Waals surface area (Å²) in [6, 6.07) is 6.08. The van der Waals surface area contributed by atoms with Crippen LogP contribution in [0.4, 0.5) is 4.39 Å². The largest absolute Gasteiger partial charge is 0.336 e. The average Bonchev–Trinajstić information content (AvgIpc) is 3.24. The van der Waals surface area contributed by atoms with E-state index in [4.69, 9.17) is 0 Å². The fourth-order valence-electron chi connectivity index (χ4n) is 2.52. The maximum atomic E-state index is 13.0. The van der Waals surface area contributed by atoms with Gasteiger partial charge in [0, 0.05) is 18.7 Å². The van der Waals surface area contributed by atoms with Crippen molar-refractivity contribution in [2.75, 3.05) is 13.1 Å². The van der Waals surface area contributed by atoms with Crippen molar-refractivity contribution in [3.05, 3.63) is 35.9 Å². The van der Waals surface area contributed by atoms with E-state index in [1.165, 1.54) is 28.0 Å². The number of likely N-dealkylation sites (tertiary alicyclic amines) is 1. The van der Waals surface area contributed by atoms with Crippen LogP contribution < -0.4 is 0 Å². The molecule has 0 atom stereocenters. The molecule has 8 heteroatoms. The zero-order valence-corrected chi connectivity index (χ0v) is 12.4. The number of halogens is 1. The maximum Gasteiger partial charge on any atom is 0.293 e. The predicted molar refractivity (Wildman–Crippen MR) is 79.2 cm³/mol. The third-order valence-electron chi connectivity index (χ3n) is 3.67. The molecule has 0 unspecified atom stereocenters. The van der Waals surface area contributed by atoms with Crippen LogP contribution in [0.2, 0.25) is 0 Å². The number of fused-ring (bicyclic) bond motifs is 1. The number of benzene rings is 1. The Labute approximate surface area is 129 Å². The number of carbonyl (C=O) groups is 1. The van der Waals surface area contributed by atoms with E-state index in [2.05, 4.69) is 15.3 Å². The average molecular weight is 317 g/mol. The Morgan fingerprint density at radius 3 is 2.59 bits per heavy atom. The van der Waals surface area contributed by atoms with E-state index in [1.807, 2.05) is 0 Å².